The van der Waals surface area contributed by atoms with Crippen LogP contribution in [0, 0.1) is 18.3 Å². The van der Waals surface area contributed by atoms with Gasteiger partial charge in [0.1, 0.15) is 0 Å². The van der Waals surface area contributed by atoms with E-state index in [1.54, 1.807) is 24.3 Å². The molecule has 2 aromatic rings. The number of carbonyl (C=O) groups excluding carboxylic acids is 2. The Bertz CT molecular complexity index is 1200. The number of carbonyl (C=O) groups is 2. The van der Waals surface area contributed by atoms with Crippen molar-refractivity contribution in [3.8, 4) is 6.07 Å². The normalized spacial score (nSPS) is 20.2. The molecule has 36 heavy (non-hydrogen) atoms. The molecule has 0 aliphatic carbocycles. The summed E-state index contributed by atoms with van der Waals surface area (Å²) in [5, 5.41) is 12.3. The Morgan fingerprint density at radius 3 is 2.61 bits per heavy atom. The van der Waals surface area contributed by atoms with Gasteiger partial charge < -0.3 is 0 Å². The average Bonchev–Trinajstić information content (AvgIpc) is 3.66. The first-order valence-corrected chi connectivity index (χ1v) is 15.1. The standard InChI is InChI=1S/C28H34IN4O3/c1-18-16-32(9-10-33(18)27(35)36-28(3,4)5)17-23-12-22(24-14-29-24)13-25(19(23)2)31-26(34)21-8-6-7-20(11-21)15-30/h6-8,11-13,18,24H,9-10,14,16-17H2,1-5H3,(H,31,34)/q-1/t18-,24?/m0/s1. The second kappa shape index (κ2) is 10.8. The first-order valence-electron chi connectivity index (χ1n) is 12.3. The van der Waals surface area contributed by atoms with Gasteiger partial charge in [-0.05, 0) is 20.8 Å². The number of piperazine rings is 1. The Labute approximate surface area is 224 Å². The quantitative estimate of drug-likeness (QED) is 0.417. The number of hydrogen-bond donors (Lipinski definition) is 1. The zero-order chi connectivity index (χ0) is 26.0. The van der Waals surface area contributed by atoms with E-state index in [-0.39, 0.29) is 39.2 Å². The Hall–Kier alpha value is -2.64. The van der Waals surface area contributed by atoms with Gasteiger partial charge in [-0.15, -0.1) is 0 Å². The molecule has 2 amide bonds. The van der Waals surface area contributed by atoms with E-state index in [2.05, 4.69) is 42.3 Å². The summed E-state index contributed by atoms with van der Waals surface area (Å²) in [6, 6.07) is 13.4. The van der Waals surface area contributed by atoms with Crippen LogP contribution in [0.15, 0.2) is 36.4 Å². The van der Waals surface area contributed by atoms with E-state index in [4.69, 9.17) is 4.74 Å². The Morgan fingerprint density at radius 1 is 1.22 bits per heavy atom. The minimum absolute atomic E-state index is 0.0537. The molecule has 2 atom stereocenters. The van der Waals surface area contributed by atoms with Crippen LogP contribution >= 0.6 is 0 Å². The number of halogens is 1. The zero-order valence-corrected chi connectivity index (χ0v) is 23.8. The molecule has 2 aliphatic heterocycles. The van der Waals surface area contributed by atoms with Crippen LogP contribution in [0.5, 0.6) is 0 Å². The Morgan fingerprint density at radius 2 is 1.97 bits per heavy atom. The fourth-order valence-corrected chi connectivity index (χ4v) is 6.06. The van der Waals surface area contributed by atoms with Crippen LogP contribution in [-0.4, -0.2) is 57.5 Å². The Balaban J connectivity index is 1.49. The van der Waals surface area contributed by atoms with E-state index in [1.165, 1.54) is 15.6 Å². The van der Waals surface area contributed by atoms with Gasteiger partial charge in [0.05, 0.1) is 0 Å². The van der Waals surface area contributed by atoms with Crippen LogP contribution in [0.25, 0.3) is 0 Å². The molecule has 7 nitrogen and oxygen atoms in total. The monoisotopic (exact) mass is 601 g/mol. The average molecular weight is 602 g/mol. The van der Waals surface area contributed by atoms with Crippen molar-refractivity contribution in [3.05, 3.63) is 64.2 Å². The molecule has 2 fully saturated rings. The molecule has 0 aromatic heterocycles. The molecule has 0 bridgehead atoms. The number of nitriles is 1. The number of hydrogen-bond acceptors (Lipinski definition) is 5. The third-order valence-corrected chi connectivity index (χ3v) is 8.92. The van der Waals surface area contributed by atoms with Crippen LogP contribution in [0.4, 0.5) is 10.5 Å². The van der Waals surface area contributed by atoms with Crippen molar-refractivity contribution >= 4 is 17.7 Å². The molecule has 2 saturated heterocycles. The second-order valence-corrected chi connectivity index (χ2v) is 13.8. The maximum absolute atomic E-state index is 13.0. The summed E-state index contributed by atoms with van der Waals surface area (Å²) in [6.45, 7) is 12.7. The third kappa shape index (κ3) is 6.56. The van der Waals surface area contributed by atoms with Gasteiger partial charge in [-0.2, -0.15) is 0 Å². The van der Waals surface area contributed by atoms with Crippen LogP contribution in [0.2, 0.25) is 0 Å². The van der Waals surface area contributed by atoms with Gasteiger partial charge in [0, 0.05) is 0 Å². The van der Waals surface area contributed by atoms with Crippen molar-refractivity contribution in [2.75, 3.05) is 29.4 Å². The SMILES string of the molecule is Cc1c(CN2CCN(C(=O)OC(C)(C)C)[C@@H](C)C2)cc(C2C[I-]2)cc1NC(=O)c1cccc(C#N)c1. The molecule has 0 spiro atoms. The van der Waals surface area contributed by atoms with Crippen molar-refractivity contribution in [2.45, 2.75) is 56.7 Å². The number of rotatable bonds is 5. The number of nitrogens with zero attached hydrogens (tertiary/aromatic N) is 3. The fourth-order valence-electron chi connectivity index (χ4n) is 4.43. The number of benzene rings is 2. The summed E-state index contributed by atoms with van der Waals surface area (Å²) >= 11 is 0.213. The summed E-state index contributed by atoms with van der Waals surface area (Å²) in [5.41, 5.74) is 4.86. The van der Waals surface area contributed by atoms with E-state index in [1.807, 2.05) is 25.7 Å². The predicted octanol–water partition coefficient (Wildman–Crippen LogP) is 1.70. The summed E-state index contributed by atoms with van der Waals surface area (Å²) in [4.78, 5) is 29.8. The maximum atomic E-state index is 13.0. The number of amides is 2. The molecular weight excluding hydrogens is 567 g/mol. The molecule has 8 heteroatoms. The van der Waals surface area contributed by atoms with Crippen LogP contribution in [0.1, 0.15) is 64.2 Å². The topological polar surface area (TPSA) is 85.7 Å². The van der Waals surface area contributed by atoms with E-state index in [0.29, 0.717) is 21.6 Å². The van der Waals surface area contributed by atoms with Gasteiger partial charge in [0.2, 0.25) is 0 Å². The van der Waals surface area contributed by atoms with Gasteiger partial charge in [-0.25, -0.2) is 0 Å². The summed E-state index contributed by atoms with van der Waals surface area (Å²) in [5.74, 6) is -0.205. The molecular formula is C28H34IN4O3-. The van der Waals surface area contributed by atoms with Crippen molar-refractivity contribution < 1.29 is 35.5 Å². The Kier molecular flexibility index (Phi) is 7.90. The van der Waals surface area contributed by atoms with Crippen molar-refractivity contribution in [1.82, 2.24) is 9.80 Å². The molecule has 1 unspecified atom stereocenters. The number of nitrogens with one attached hydrogen (secondary N) is 1. The van der Waals surface area contributed by atoms with Crippen LogP contribution < -0.4 is 26.5 Å². The molecule has 0 radical (unpaired) electrons. The summed E-state index contributed by atoms with van der Waals surface area (Å²) in [7, 11) is 0. The molecule has 2 aliphatic rings. The van der Waals surface area contributed by atoms with Gasteiger partial charge in [-0.1, -0.05) is 0 Å². The summed E-state index contributed by atoms with van der Waals surface area (Å²) < 4.78 is 7.52. The van der Waals surface area contributed by atoms with Crippen LogP contribution in [0.3, 0.4) is 0 Å². The van der Waals surface area contributed by atoms with Gasteiger partial charge in [0.25, 0.3) is 0 Å². The first kappa shape index (κ1) is 26.4. The van der Waals surface area contributed by atoms with E-state index >= 15 is 0 Å². The second-order valence-electron chi connectivity index (χ2n) is 10.5. The molecule has 192 valence electrons. The van der Waals surface area contributed by atoms with Crippen molar-refractivity contribution in [2.24, 2.45) is 0 Å². The summed E-state index contributed by atoms with van der Waals surface area (Å²) in [6.07, 6.45) is -0.254. The van der Waals surface area contributed by atoms with Gasteiger partial charge >= 0.3 is 204 Å². The third-order valence-electron chi connectivity index (χ3n) is 6.44. The van der Waals surface area contributed by atoms with Crippen molar-refractivity contribution in [1.29, 1.82) is 5.26 Å². The van der Waals surface area contributed by atoms with E-state index in [0.717, 1.165) is 30.9 Å². The first-order chi connectivity index (χ1) is 17.0. The number of alkyl halides is 2. The zero-order valence-electron chi connectivity index (χ0n) is 21.6. The van der Waals surface area contributed by atoms with E-state index in [9.17, 15) is 14.9 Å². The molecule has 4 rings (SSSR count). The number of anilines is 1. The van der Waals surface area contributed by atoms with Gasteiger partial charge in [0.15, 0.2) is 0 Å². The molecule has 2 heterocycles. The van der Waals surface area contributed by atoms with Gasteiger partial charge in [-0.3, -0.25) is 0 Å². The van der Waals surface area contributed by atoms with Crippen LogP contribution in [-0.2, 0) is 11.3 Å². The van der Waals surface area contributed by atoms with E-state index < -0.39 is 5.60 Å². The molecule has 1 N–H and O–H groups in total. The molecule has 2 aromatic carbocycles. The number of ether oxygens (including phenoxy) is 1. The minimum atomic E-state index is -0.506. The molecule has 0 saturated carbocycles. The predicted molar refractivity (Wildman–Crippen MR) is 136 cm³/mol. The van der Waals surface area contributed by atoms with Crippen molar-refractivity contribution in [3.63, 3.8) is 0 Å². The fraction of sp³-hybridized carbons (Fsp3) is 0.464.